The summed E-state index contributed by atoms with van der Waals surface area (Å²) in [6, 6.07) is 3.23. The summed E-state index contributed by atoms with van der Waals surface area (Å²) in [5.41, 5.74) is 2.28. The molecule has 1 aromatic carbocycles. The van der Waals surface area contributed by atoms with Gasteiger partial charge in [0.05, 0.1) is 11.7 Å². The van der Waals surface area contributed by atoms with E-state index in [4.69, 9.17) is 4.84 Å². The van der Waals surface area contributed by atoms with E-state index in [0.717, 1.165) is 37.8 Å². The van der Waals surface area contributed by atoms with Crippen LogP contribution in [-0.2, 0) is 4.84 Å². The number of carbonyl (C=O) groups is 1. The van der Waals surface area contributed by atoms with Crippen LogP contribution in [0.2, 0.25) is 0 Å². The Morgan fingerprint density at radius 3 is 2.76 bits per heavy atom. The molecule has 1 amide bonds. The first-order chi connectivity index (χ1) is 8.16. The van der Waals surface area contributed by atoms with Crippen molar-refractivity contribution in [2.75, 3.05) is 0 Å². The molecule has 4 nitrogen and oxygen atoms in total. The molecule has 0 heterocycles. The van der Waals surface area contributed by atoms with Crippen LogP contribution in [0, 0.1) is 5.82 Å². The summed E-state index contributed by atoms with van der Waals surface area (Å²) in [5.74, 6) is -1.54. The molecule has 1 aliphatic rings. The Morgan fingerprint density at radius 2 is 2.12 bits per heavy atom. The third-order valence-corrected chi connectivity index (χ3v) is 2.82. The SMILES string of the molecule is O=C(NOC1CCCC1)c1ccc(F)cc1O. The smallest absolute Gasteiger partial charge is 0.278 e. The molecule has 0 spiro atoms. The Balaban J connectivity index is 1.94. The first-order valence-electron chi connectivity index (χ1n) is 5.61. The van der Waals surface area contributed by atoms with Gasteiger partial charge in [-0.3, -0.25) is 9.63 Å². The standard InChI is InChI=1S/C12H14FNO3/c13-8-5-6-10(11(15)7-8)12(16)14-17-9-3-1-2-4-9/h5-7,9,15H,1-4H2,(H,14,16). The molecule has 0 atom stereocenters. The lowest BCUT2D eigenvalue weighted by molar-refractivity contribution is -0.0126. The highest BCUT2D eigenvalue weighted by molar-refractivity contribution is 5.96. The van der Waals surface area contributed by atoms with Gasteiger partial charge in [0, 0.05) is 6.07 Å². The molecular formula is C12H14FNO3. The normalized spacial score (nSPS) is 16.1. The van der Waals surface area contributed by atoms with Crippen LogP contribution < -0.4 is 5.48 Å². The van der Waals surface area contributed by atoms with E-state index in [1.54, 1.807) is 0 Å². The predicted octanol–water partition coefficient (Wildman–Crippen LogP) is 2.14. The lowest BCUT2D eigenvalue weighted by atomic mass is 10.2. The number of rotatable bonds is 3. The molecule has 1 fully saturated rings. The molecule has 0 aliphatic heterocycles. The van der Waals surface area contributed by atoms with Gasteiger partial charge in [0.15, 0.2) is 0 Å². The monoisotopic (exact) mass is 239 g/mol. The van der Waals surface area contributed by atoms with Crippen molar-refractivity contribution in [1.29, 1.82) is 0 Å². The van der Waals surface area contributed by atoms with Gasteiger partial charge in [-0.2, -0.15) is 0 Å². The summed E-state index contributed by atoms with van der Waals surface area (Å²) < 4.78 is 12.7. The van der Waals surface area contributed by atoms with E-state index in [2.05, 4.69) is 5.48 Å². The number of amides is 1. The third-order valence-electron chi connectivity index (χ3n) is 2.82. The maximum Gasteiger partial charge on any atom is 0.278 e. The molecule has 17 heavy (non-hydrogen) atoms. The molecule has 2 rings (SSSR count). The summed E-state index contributed by atoms with van der Waals surface area (Å²) in [6.45, 7) is 0. The molecular weight excluding hydrogens is 225 g/mol. The maximum absolute atomic E-state index is 12.7. The van der Waals surface area contributed by atoms with Crippen LogP contribution in [0.5, 0.6) is 5.75 Å². The summed E-state index contributed by atoms with van der Waals surface area (Å²) >= 11 is 0. The van der Waals surface area contributed by atoms with E-state index in [1.807, 2.05) is 0 Å². The number of phenols is 1. The minimum Gasteiger partial charge on any atom is -0.507 e. The van der Waals surface area contributed by atoms with E-state index in [-0.39, 0.29) is 11.7 Å². The van der Waals surface area contributed by atoms with Crippen molar-refractivity contribution in [3.05, 3.63) is 29.6 Å². The van der Waals surface area contributed by atoms with Crippen molar-refractivity contribution in [3.8, 4) is 5.75 Å². The van der Waals surface area contributed by atoms with Crippen molar-refractivity contribution in [1.82, 2.24) is 5.48 Å². The minimum absolute atomic E-state index is 0.00407. The predicted molar refractivity (Wildman–Crippen MR) is 58.9 cm³/mol. The molecule has 5 heteroatoms. The highest BCUT2D eigenvalue weighted by atomic mass is 19.1. The largest absolute Gasteiger partial charge is 0.507 e. The summed E-state index contributed by atoms with van der Waals surface area (Å²) in [4.78, 5) is 16.8. The number of carbonyl (C=O) groups excluding carboxylic acids is 1. The van der Waals surface area contributed by atoms with Crippen LogP contribution in [0.3, 0.4) is 0 Å². The van der Waals surface area contributed by atoms with Gasteiger partial charge in [-0.15, -0.1) is 0 Å². The molecule has 1 saturated carbocycles. The van der Waals surface area contributed by atoms with Gasteiger partial charge in [-0.1, -0.05) is 12.8 Å². The van der Waals surface area contributed by atoms with Gasteiger partial charge < -0.3 is 5.11 Å². The molecule has 0 bridgehead atoms. The minimum atomic E-state index is -0.587. The fraction of sp³-hybridized carbons (Fsp3) is 0.417. The number of nitrogens with one attached hydrogen (secondary N) is 1. The fourth-order valence-electron chi connectivity index (χ4n) is 1.89. The van der Waals surface area contributed by atoms with E-state index in [9.17, 15) is 14.3 Å². The van der Waals surface area contributed by atoms with Crippen LogP contribution in [0.1, 0.15) is 36.0 Å². The number of hydrogen-bond donors (Lipinski definition) is 2. The van der Waals surface area contributed by atoms with Gasteiger partial charge in [0.2, 0.25) is 0 Å². The molecule has 1 aromatic rings. The highest BCUT2D eigenvalue weighted by Crippen LogP contribution is 2.21. The second kappa shape index (κ2) is 5.14. The number of hydroxylamine groups is 1. The van der Waals surface area contributed by atoms with Gasteiger partial charge in [0.1, 0.15) is 11.6 Å². The average molecular weight is 239 g/mol. The Kier molecular flexibility index (Phi) is 3.58. The van der Waals surface area contributed by atoms with Crippen molar-refractivity contribution in [2.24, 2.45) is 0 Å². The van der Waals surface area contributed by atoms with Crippen LogP contribution in [0.4, 0.5) is 4.39 Å². The zero-order chi connectivity index (χ0) is 12.3. The topological polar surface area (TPSA) is 58.6 Å². The zero-order valence-electron chi connectivity index (χ0n) is 9.28. The van der Waals surface area contributed by atoms with Gasteiger partial charge in [0.25, 0.3) is 5.91 Å². The molecule has 2 N–H and O–H groups in total. The summed E-state index contributed by atoms with van der Waals surface area (Å²) in [7, 11) is 0. The van der Waals surface area contributed by atoms with Crippen molar-refractivity contribution >= 4 is 5.91 Å². The summed E-state index contributed by atoms with van der Waals surface area (Å²) in [5, 5.41) is 9.40. The second-order valence-corrected chi connectivity index (χ2v) is 4.12. The molecule has 92 valence electrons. The number of benzene rings is 1. The van der Waals surface area contributed by atoms with Crippen molar-refractivity contribution < 1.29 is 19.1 Å². The van der Waals surface area contributed by atoms with E-state index in [0.29, 0.717) is 0 Å². The van der Waals surface area contributed by atoms with Gasteiger partial charge >= 0.3 is 0 Å². The van der Waals surface area contributed by atoms with Gasteiger partial charge in [-0.05, 0) is 25.0 Å². The van der Waals surface area contributed by atoms with E-state index >= 15 is 0 Å². The van der Waals surface area contributed by atoms with Crippen LogP contribution in [-0.4, -0.2) is 17.1 Å². The molecule has 0 aromatic heterocycles. The zero-order valence-corrected chi connectivity index (χ0v) is 9.28. The number of phenolic OH excluding ortho intramolecular Hbond substituents is 1. The van der Waals surface area contributed by atoms with Crippen LogP contribution >= 0.6 is 0 Å². The molecule has 0 saturated heterocycles. The molecule has 0 unspecified atom stereocenters. The Hall–Kier alpha value is -1.62. The number of halogens is 1. The van der Waals surface area contributed by atoms with Crippen molar-refractivity contribution in [2.45, 2.75) is 31.8 Å². The Bertz CT molecular complexity index is 416. The van der Waals surface area contributed by atoms with Crippen molar-refractivity contribution in [3.63, 3.8) is 0 Å². The molecule has 1 aliphatic carbocycles. The number of hydrogen-bond acceptors (Lipinski definition) is 3. The fourth-order valence-corrected chi connectivity index (χ4v) is 1.89. The summed E-state index contributed by atoms with van der Waals surface area (Å²) in [6.07, 6.45) is 4.09. The number of aromatic hydroxyl groups is 1. The first kappa shape index (κ1) is 11.9. The van der Waals surface area contributed by atoms with Gasteiger partial charge in [-0.25, -0.2) is 9.87 Å². The van der Waals surface area contributed by atoms with Crippen LogP contribution in [0.15, 0.2) is 18.2 Å². The van der Waals surface area contributed by atoms with Crippen LogP contribution in [0.25, 0.3) is 0 Å². The Morgan fingerprint density at radius 1 is 1.41 bits per heavy atom. The highest BCUT2D eigenvalue weighted by Gasteiger charge is 2.18. The maximum atomic E-state index is 12.7. The van der Waals surface area contributed by atoms with E-state index in [1.165, 1.54) is 6.07 Å². The molecule has 0 radical (unpaired) electrons. The Labute approximate surface area is 98.4 Å². The lowest BCUT2D eigenvalue weighted by Gasteiger charge is -2.11. The van der Waals surface area contributed by atoms with E-state index < -0.39 is 17.5 Å². The quantitative estimate of drug-likeness (QED) is 0.794. The lowest BCUT2D eigenvalue weighted by Crippen LogP contribution is -2.28. The second-order valence-electron chi connectivity index (χ2n) is 4.12. The third kappa shape index (κ3) is 2.94. The first-order valence-corrected chi connectivity index (χ1v) is 5.61. The average Bonchev–Trinajstić information content (AvgIpc) is 2.78.